The second kappa shape index (κ2) is 9.35. The summed E-state index contributed by atoms with van der Waals surface area (Å²) in [7, 11) is 0. The van der Waals surface area contributed by atoms with Crippen LogP contribution in [0.15, 0.2) is 60.7 Å². The first-order valence-corrected chi connectivity index (χ1v) is 7.95. The lowest BCUT2D eigenvalue weighted by Crippen LogP contribution is -2.38. The average Bonchev–Trinajstić information content (AvgIpc) is 2.60. The van der Waals surface area contributed by atoms with Gasteiger partial charge in [-0.3, -0.25) is 9.59 Å². The van der Waals surface area contributed by atoms with Crippen LogP contribution in [0.1, 0.15) is 23.7 Å². The van der Waals surface area contributed by atoms with Crippen LogP contribution in [0.25, 0.3) is 0 Å². The zero-order valence-electron chi connectivity index (χ0n) is 13.7. The van der Waals surface area contributed by atoms with Crippen LogP contribution in [0.3, 0.4) is 0 Å². The van der Waals surface area contributed by atoms with Gasteiger partial charge in [0.1, 0.15) is 12.4 Å². The summed E-state index contributed by atoms with van der Waals surface area (Å²) >= 11 is 0. The molecule has 2 N–H and O–H groups in total. The van der Waals surface area contributed by atoms with Crippen LogP contribution >= 0.6 is 0 Å². The number of nitrogens with one attached hydrogen (secondary N) is 2. The number of benzene rings is 2. The van der Waals surface area contributed by atoms with Gasteiger partial charge in [0.05, 0.1) is 6.54 Å². The minimum atomic E-state index is -0.243. The first-order chi connectivity index (χ1) is 11.6. The minimum Gasteiger partial charge on any atom is -0.492 e. The molecule has 0 bridgehead atoms. The molecule has 24 heavy (non-hydrogen) atoms. The Morgan fingerprint density at radius 2 is 1.62 bits per heavy atom. The molecule has 0 saturated carbocycles. The van der Waals surface area contributed by atoms with E-state index in [1.807, 2.05) is 36.4 Å². The highest BCUT2D eigenvalue weighted by molar-refractivity contribution is 5.94. The third-order valence-electron chi connectivity index (χ3n) is 3.34. The SMILES string of the molecule is CC(CC(=O)NCCOc1ccccc1)NC(=O)c1ccccc1. The molecule has 1 atom stereocenters. The first-order valence-electron chi connectivity index (χ1n) is 7.95. The summed E-state index contributed by atoms with van der Waals surface area (Å²) in [6.07, 6.45) is 0.226. The highest BCUT2D eigenvalue weighted by Crippen LogP contribution is 2.07. The van der Waals surface area contributed by atoms with Gasteiger partial charge in [0.25, 0.3) is 5.91 Å². The van der Waals surface area contributed by atoms with Gasteiger partial charge in [-0.05, 0) is 31.2 Å². The van der Waals surface area contributed by atoms with Crippen molar-refractivity contribution in [3.8, 4) is 5.75 Å². The normalized spacial score (nSPS) is 11.4. The number of hydrogen-bond donors (Lipinski definition) is 2. The third-order valence-corrected chi connectivity index (χ3v) is 3.34. The summed E-state index contributed by atoms with van der Waals surface area (Å²) in [4.78, 5) is 23.9. The van der Waals surface area contributed by atoms with E-state index in [4.69, 9.17) is 4.74 Å². The predicted molar refractivity (Wildman–Crippen MR) is 92.9 cm³/mol. The van der Waals surface area contributed by atoms with E-state index in [0.29, 0.717) is 18.7 Å². The fourth-order valence-electron chi connectivity index (χ4n) is 2.17. The lowest BCUT2D eigenvalue weighted by molar-refractivity contribution is -0.121. The fraction of sp³-hybridized carbons (Fsp3) is 0.263. The van der Waals surface area contributed by atoms with Crippen molar-refractivity contribution in [2.75, 3.05) is 13.2 Å². The fourth-order valence-corrected chi connectivity index (χ4v) is 2.17. The van der Waals surface area contributed by atoms with E-state index in [9.17, 15) is 9.59 Å². The molecule has 0 radical (unpaired) electrons. The highest BCUT2D eigenvalue weighted by Gasteiger charge is 2.12. The largest absolute Gasteiger partial charge is 0.492 e. The Morgan fingerprint density at radius 3 is 2.29 bits per heavy atom. The van der Waals surface area contributed by atoms with E-state index in [0.717, 1.165) is 5.75 Å². The van der Waals surface area contributed by atoms with E-state index in [2.05, 4.69) is 10.6 Å². The molecule has 0 aromatic heterocycles. The molecule has 2 rings (SSSR count). The molecule has 0 spiro atoms. The Bertz CT molecular complexity index is 644. The summed E-state index contributed by atoms with van der Waals surface area (Å²) in [5.74, 6) is 0.478. The van der Waals surface area contributed by atoms with E-state index in [-0.39, 0.29) is 24.3 Å². The zero-order valence-corrected chi connectivity index (χ0v) is 13.7. The van der Waals surface area contributed by atoms with Crippen LogP contribution in [-0.4, -0.2) is 31.0 Å². The van der Waals surface area contributed by atoms with Crippen LogP contribution in [-0.2, 0) is 4.79 Å². The summed E-state index contributed by atoms with van der Waals surface area (Å²) in [5, 5.41) is 5.59. The maximum Gasteiger partial charge on any atom is 0.251 e. The molecule has 0 aliphatic heterocycles. The van der Waals surface area contributed by atoms with E-state index < -0.39 is 0 Å². The summed E-state index contributed by atoms with van der Waals surface area (Å²) in [6.45, 7) is 2.63. The summed E-state index contributed by atoms with van der Waals surface area (Å²) in [6, 6.07) is 18.1. The van der Waals surface area contributed by atoms with Crippen LogP contribution in [0, 0.1) is 0 Å². The van der Waals surface area contributed by atoms with Gasteiger partial charge in [0.15, 0.2) is 0 Å². The molecule has 2 amide bonds. The number of hydrogen-bond acceptors (Lipinski definition) is 3. The van der Waals surface area contributed by atoms with Crippen molar-refractivity contribution < 1.29 is 14.3 Å². The topological polar surface area (TPSA) is 67.4 Å². The quantitative estimate of drug-likeness (QED) is 0.732. The number of ether oxygens (including phenoxy) is 1. The van der Waals surface area contributed by atoms with Crippen molar-refractivity contribution in [3.05, 3.63) is 66.2 Å². The summed E-state index contributed by atoms with van der Waals surface area (Å²) in [5.41, 5.74) is 0.584. The second-order valence-electron chi connectivity index (χ2n) is 5.46. The molecule has 0 fully saturated rings. The number of para-hydroxylation sites is 1. The Labute approximate surface area is 142 Å². The molecular weight excluding hydrogens is 304 g/mol. The molecule has 0 aliphatic carbocycles. The van der Waals surface area contributed by atoms with Gasteiger partial charge in [0, 0.05) is 18.0 Å². The zero-order chi connectivity index (χ0) is 17.2. The average molecular weight is 326 g/mol. The molecule has 2 aromatic carbocycles. The molecule has 5 nitrogen and oxygen atoms in total. The standard InChI is InChI=1S/C19H22N2O3/c1-15(21-19(23)16-8-4-2-5-9-16)14-18(22)20-12-13-24-17-10-6-3-7-11-17/h2-11,15H,12-14H2,1H3,(H,20,22)(H,21,23). The highest BCUT2D eigenvalue weighted by atomic mass is 16.5. The molecule has 0 heterocycles. The minimum absolute atomic E-state index is 0.118. The molecule has 0 saturated heterocycles. The lowest BCUT2D eigenvalue weighted by Gasteiger charge is -2.14. The number of carbonyl (C=O) groups excluding carboxylic acids is 2. The van der Waals surface area contributed by atoms with Crippen LogP contribution in [0.2, 0.25) is 0 Å². The van der Waals surface area contributed by atoms with Crippen molar-refractivity contribution in [2.45, 2.75) is 19.4 Å². The van der Waals surface area contributed by atoms with E-state index in [1.54, 1.807) is 31.2 Å². The molecule has 0 aliphatic rings. The maximum absolute atomic E-state index is 12.0. The van der Waals surface area contributed by atoms with Gasteiger partial charge in [-0.2, -0.15) is 0 Å². The van der Waals surface area contributed by atoms with Gasteiger partial charge in [0.2, 0.25) is 5.91 Å². The number of amides is 2. The summed E-state index contributed by atoms with van der Waals surface area (Å²) < 4.78 is 5.50. The van der Waals surface area contributed by atoms with Gasteiger partial charge in [-0.15, -0.1) is 0 Å². The van der Waals surface area contributed by atoms with Gasteiger partial charge in [-0.1, -0.05) is 36.4 Å². The Balaban J connectivity index is 1.63. The van der Waals surface area contributed by atoms with Crippen LogP contribution in [0.5, 0.6) is 5.75 Å². The molecule has 126 valence electrons. The van der Waals surface area contributed by atoms with Crippen molar-refractivity contribution in [3.63, 3.8) is 0 Å². The molecule has 1 unspecified atom stereocenters. The third kappa shape index (κ3) is 6.12. The van der Waals surface area contributed by atoms with Crippen molar-refractivity contribution in [1.82, 2.24) is 10.6 Å². The van der Waals surface area contributed by atoms with Gasteiger partial charge in [-0.25, -0.2) is 0 Å². The molecular formula is C19H22N2O3. The van der Waals surface area contributed by atoms with Gasteiger partial charge < -0.3 is 15.4 Å². The van der Waals surface area contributed by atoms with E-state index in [1.165, 1.54) is 0 Å². The number of rotatable bonds is 8. The van der Waals surface area contributed by atoms with E-state index >= 15 is 0 Å². The maximum atomic E-state index is 12.0. The lowest BCUT2D eigenvalue weighted by atomic mass is 10.1. The Kier molecular flexibility index (Phi) is 6.83. The van der Waals surface area contributed by atoms with Crippen LogP contribution in [0.4, 0.5) is 0 Å². The Hall–Kier alpha value is -2.82. The second-order valence-corrected chi connectivity index (χ2v) is 5.46. The predicted octanol–water partition coefficient (Wildman–Crippen LogP) is 2.39. The van der Waals surface area contributed by atoms with Crippen molar-refractivity contribution >= 4 is 11.8 Å². The van der Waals surface area contributed by atoms with Crippen molar-refractivity contribution in [1.29, 1.82) is 0 Å². The molecule has 2 aromatic rings. The Morgan fingerprint density at radius 1 is 1.00 bits per heavy atom. The smallest absolute Gasteiger partial charge is 0.251 e. The van der Waals surface area contributed by atoms with Crippen molar-refractivity contribution in [2.24, 2.45) is 0 Å². The van der Waals surface area contributed by atoms with Crippen LogP contribution < -0.4 is 15.4 Å². The number of carbonyl (C=O) groups is 2. The monoisotopic (exact) mass is 326 g/mol. The molecule has 5 heteroatoms. The first kappa shape index (κ1) is 17.5. The van der Waals surface area contributed by atoms with Gasteiger partial charge >= 0.3 is 0 Å².